The molecule has 0 unspecified atom stereocenters. The molecule has 33 heavy (non-hydrogen) atoms. The first-order chi connectivity index (χ1) is 16.3. The van der Waals surface area contributed by atoms with Gasteiger partial charge in [-0.25, -0.2) is 9.97 Å². The summed E-state index contributed by atoms with van der Waals surface area (Å²) in [6, 6.07) is 4.74. The molecule has 0 spiro atoms. The number of hydrogen-bond donors (Lipinski definition) is 1. The molecule has 2 aromatic heterocycles. The molecular formula is C25H38N6OS. The van der Waals surface area contributed by atoms with E-state index in [1.165, 1.54) is 58.3 Å². The zero-order chi connectivity index (χ0) is 22.5. The summed E-state index contributed by atoms with van der Waals surface area (Å²) in [6.07, 6.45) is 11.7. The Morgan fingerprint density at radius 2 is 1.91 bits per heavy atom. The number of aromatic nitrogens is 2. The molecule has 5 heterocycles. The van der Waals surface area contributed by atoms with E-state index in [0.717, 1.165) is 67.0 Å². The number of thiazole rings is 1. The van der Waals surface area contributed by atoms with Gasteiger partial charge in [0.15, 0.2) is 5.13 Å². The molecule has 7 nitrogen and oxygen atoms in total. The monoisotopic (exact) mass is 470 g/mol. The van der Waals surface area contributed by atoms with E-state index in [9.17, 15) is 4.79 Å². The highest BCUT2D eigenvalue weighted by Gasteiger charge is 2.28. The van der Waals surface area contributed by atoms with Crippen molar-refractivity contribution < 1.29 is 4.79 Å². The molecule has 3 saturated heterocycles. The summed E-state index contributed by atoms with van der Waals surface area (Å²) >= 11 is 1.63. The van der Waals surface area contributed by atoms with Gasteiger partial charge in [-0.1, -0.05) is 17.8 Å². The minimum atomic E-state index is 0.0546. The lowest BCUT2D eigenvalue weighted by Crippen LogP contribution is -2.47. The van der Waals surface area contributed by atoms with Crippen LogP contribution in [-0.4, -0.2) is 84.1 Å². The molecule has 3 fully saturated rings. The normalized spacial score (nSPS) is 23.8. The third-order valence-electron chi connectivity index (χ3n) is 7.63. The molecule has 1 atom stereocenters. The molecule has 0 bridgehead atoms. The fourth-order valence-electron chi connectivity index (χ4n) is 5.71. The summed E-state index contributed by atoms with van der Waals surface area (Å²) in [5.41, 5.74) is 0.948. The molecule has 3 aliphatic heterocycles. The summed E-state index contributed by atoms with van der Waals surface area (Å²) < 4.78 is 0. The predicted octanol–water partition coefficient (Wildman–Crippen LogP) is 3.36. The number of amides is 1. The second-order valence-corrected chi connectivity index (χ2v) is 10.9. The largest absolute Gasteiger partial charge is 0.356 e. The number of carbonyl (C=O) groups is 1. The molecule has 3 aliphatic rings. The van der Waals surface area contributed by atoms with Crippen LogP contribution >= 0.6 is 11.3 Å². The van der Waals surface area contributed by atoms with E-state index in [-0.39, 0.29) is 11.8 Å². The average Bonchev–Trinajstić information content (AvgIpc) is 3.32. The first-order valence-electron chi connectivity index (χ1n) is 13.0. The lowest BCUT2D eigenvalue weighted by atomic mass is 9.97. The van der Waals surface area contributed by atoms with Crippen molar-refractivity contribution in [2.45, 2.75) is 57.4 Å². The standard InChI is InChI=1S/C25H38N6OS/c32-23(20-7-5-16-31(19-20)25-28-22-8-4-11-27-24(22)33-25)26-12-6-13-29-17-9-21(10-18-29)30-14-2-1-3-15-30/h4,8,11,20-21H,1-3,5-7,9-10,12-19H2,(H,26,32)/t20-/m0/s1. The van der Waals surface area contributed by atoms with Gasteiger partial charge in [-0.3, -0.25) is 4.79 Å². The third-order valence-corrected chi connectivity index (χ3v) is 8.67. The molecule has 0 aliphatic carbocycles. The fourth-order valence-corrected chi connectivity index (χ4v) is 6.65. The molecule has 5 rings (SSSR count). The van der Waals surface area contributed by atoms with Crippen molar-refractivity contribution in [3.63, 3.8) is 0 Å². The van der Waals surface area contributed by atoms with Crippen LogP contribution in [0, 0.1) is 5.92 Å². The first kappa shape index (κ1) is 23.0. The van der Waals surface area contributed by atoms with E-state index in [1.807, 2.05) is 18.3 Å². The Morgan fingerprint density at radius 3 is 2.73 bits per heavy atom. The van der Waals surface area contributed by atoms with E-state index >= 15 is 0 Å². The van der Waals surface area contributed by atoms with Crippen molar-refractivity contribution in [3.8, 4) is 0 Å². The summed E-state index contributed by atoms with van der Waals surface area (Å²) in [6.45, 7) is 8.66. The van der Waals surface area contributed by atoms with Gasteiger partial charge in [0.05, 0.1) is 5.92 Å². The molecule has 2 aromatic rings. The van der Waals surface area contributed by atoms with Crippen molar-refractivity contribution in [1.82, 2.24) is 25.1 Å². The number of carbonyl (C=O) groups excluding carboxylic acids is 1. The molecule has 0 aromatic carbocycles. The van der Waals surface area contributed by atoms with Gasteiger partial charge in [0, 0.05) is 31.9 Å². The van der Waals surface area contributed by atoms with Crippen molar-refractivity contribution in [3.05, 3.63) is 18.3 Å². The van der Waals surface area contributed by atoms with Gasteiger partial charge in [0.25, 0.3) is 0 Å². The number of rotatable bonds is 7. The van der Waals surface area contributed by atoms with Gasteiger partial charge >= 0.3 is 0 Å². The maximum atomic E-state index is 12.8. The predicted molar refractivity (Wildman–Crippen MR) is 135 cm³/mol. The summed E-state index contributed by atoms with van der Waals surface area (Å²) in [5, 5.41) is 4.22. The highest BCUT2D eigenvalue weighted by atomic mass is 32.1. The van der Waals surface area contributed by atoms with Crippen molar-refractivity contribution >= 4 is 32.7 Å². The Bertz CT molecular complexity index is 872. The van der Waals surface area contributed by atoms with Crippen LogP contribution in [0.1, 0.15) is 51.4 Å². The fraction of sp³-hybridized carbons (Fsp3) is 0.720. The number of pyridine rings is 1. The minimum absolute atomic E-state index is 0.0546. The third kappa shape index (κ3) is 5.84. The van der Waals surface area contributed by atoms with E-state index in [1.54, 1.807) is 11.3 Å². The zero-order valence-electron chi connectivity index (χ0n) is 19.8. The minimum Gasteiger partial charge on any atom is -0.356 e. The van der Waals surface area contributed by atoms with Crippen LogP contribution in [0.3, 0.4) is 0 Å². The van der Waals surface area contributed by atoms with Gasteiger partial charge in [-0.05, 0) is 89.8 Å². The Balaban J connectivity index is 1.01. The molecular weight excluding hydrogens is 432 g/mol. The van der Waals surface area contributed by atoms with Crippen LogP contribution in [-0.2, 0) is 4.79 Å². The van der Waals surface area contributed by atoms with Gasteiger partial charge < -0.3 is 20.0 Å². The maximum absolute atomic E-state index is 12.8. The number of hydrogen-bond acceptors (Lipinski definition) is 7. The number of fused-ring (bicyclic) bond motifs is 1. The molecule has 0 radical (unpaired) electrons. The molecule has 1 amide bonds. The van der Waals surface area contributed by atoms with E-state index in [4.69, 9.17) is 4.98 Å². The number of nitrogens with zero attached hydrogens (tertiary/aromatic N) is 5. The van der Waals surface area contributed by atoms with Crippen molar-refractivity contribution in [1.29, 1.82) is 0 Å². The average molecular weight is 471 g/mol. The highest BCUT2D eigenvalue weighted by molar-refractivity contribution is 7.21. The van der Waals surface area contributed by atoms with E-state index < -0.39 is 0 Å². The lowest BCUT2D eigenvalue weighted by molar-refractivity contribution is -0.125. The van der Waals surface area contributed by atoms with Gasteiger partial charge in [-0.15, -0.1) is 0 Å². The summed E-state index contributed by atoms with van der Waals surface area (Å²) in [7, 11) is 0. The second kappa shape index (κ2) is 11.1. The van der Waals surface area contributed by atoms with Crippen LogP contribution in [0.25, 0.3) is 10.3 Å². The Hall–Kier alpha value is -1.77. The zero-order valence-corrected chi connectivity index (χ0v) is 20.6. The molecule has 0 saturated carbocycles. The smallest absolute Gasteiger partial charge is 0.224 e. The quantitative estimate of drug-likeness (QED) is 0.626. The summed E-state index contributed by atoms with van der Waals surface area (Å²) in [4.78, 5) is 30.5. The number of likely N-dealkylation sites (tertiary alicyclic amines) is 2. The van der Waals surface area contributed by atoms with Crippen LogP contribution in [0.5, 0.6) is 0 Å². The van der Waals surface area contributed by atoms with Crippen LogP contribution in [0.2, 0.25) is 0 Å². The Kier molecular flexibility index (Phi) is 7.74. The molecule has 1 N–H and O–H groups in total. The first-order valence-corrected chi connectivity index (χ1v) is 13.8. The Morgan fingerprint density at radius 1 is 1.06 bits per heavy atom. The lowest BCUT2D eigenvalue weighted by Gasteiger charge is -2.40. The summed E-state index contributed by atoms with van der Waals surface area (Å²) in [5.74, 6) is 0.266. The maximum Gasteiger partial charge on any atom is 0.224 e. The topological polar surface area (TPSA) is 64.6 Å². The SMILES string of the molecule is O=C(NCCCN1CCC(N2CCCCC2)CC1)[C@H]1CCCN(c2nc3cccnc3s2)C1. The molecule has 180 valence electrons. The van der Waals surface area contributed by atoms with Gasteiger partial charge in [0.2, 0.25) is 5.91 Å². The van der Waals surface area contributed by atoms with Crippen LogP contribution < -0.4 is 10.2 Å². The molecule has 8 heteroatoms. The Labute approximate surface area is 201 Å². The highest BCUT2D eigenvalue weighted by Crippen LogP contribution is 2.30. The number of anilines is 1. The van der Waals surface area contributed by atoms with Crippen molar-refractivity contribution in [2.75, 3.05) is 57.3 Å². The van der Waals surface area contributed by atoms with Crippen LogP contribution in [0.15, 0.2) is 18.3 Å². The second-order valence-electron chi connectivity index (χ2n) is 9.92. The number of nitrogens with one attached hydrogen (secondary N) is 1. The van der Waals surface area contributed by atoms with Gasteiger partial charge in [-0.2, -0.15) is 0 Å². The van der Waals surface area contributed by atoms with E-state index in [0.29, 0.717) is 0 Å². The van der Waals surface area contributed by atoms with E-state index in [2.05, 4.69) is 25.0 Å². The van der Waals surface area contributed by atoms with Crippen molar-refractivity contribution in [2.24, 2.45) is 5.92 Å². The van der Waals surface area contributed by atoms with Gasteiger partial charge in [0.1, 0.15) is 10.3 Å². The van der Waals surface area contributed by atoms with Crippen LogP contribution in [0.4, 0.5) is 5.13 Å². The number of piperidine rings is 3.